The van der Waals surface area contributed by atoms with Crippen molar-refractivity contribution in [1.29, 1.82) is 0 Å². The highest BCUT2D eigenvalue weighted by molar-refractivity contribution is 9.10. The number of rotatable bonds is 4. The molecular formula is C21H24BrN3O. The number of piperidine rings is 2. The molecule has 3 heterocycles. The molecule has 5 heteroatoms. The van der Waals surface area contributed by atoms with E-state index in [1.54, 1.807) is 18.5 Å². The molecule has 2 bridgehead atoms. The van der Waals surface area contributed by atoms with E-state index in [2.05, 4.69) is 62.4 Å². The van der Waals surface area contributed by atoms with Crippen molar-refractivity contribution in [3.63, 3.8) is 0 Å². The lowest BCUT2D eigenvalue weighted by atomic mass is 9.66. The number of hydrogen-bond acceptors (Lipinski definition) is 3. The van der Waals surface area contributed by atoms with Crippen LogP contribution in [0.2, 0.25) is 0 Å². The number of aromatic nitrogens is 1. The molecule has 1 aliphatic carbocycles. The number of carbonyl (C=O) groups excluding carboxylic acids is 1. The summed E-state index contributed by atoms with van der Waals surface area (Å²) in [4.78, 5) is 19.6. The van der Waals surface area contributed by atoms with Gasteiger partial charge in [-0.15, -0.1) is 0 Å². The third kappa shape index (κ3) is 3.08. The highest BCUT2D eigenvalue weighted by Gasteiger charge is 2.50. The smallest absolute Gasteiger partial charge is 0.253 e. The van der Waals surface area contributed by atoms with Crippen LogP contribution in [-0.2, 0) is 0 Å². The summed E-state index contributed by atoms with van der Waals surface area (Å²) >= 11 is 3.46. The SMILES string of the molecule is CN1CC2CCC1(C(NC(=O)c1ccncc1Br)c1ccccc1)CC2. The van der Waals surface area contributed by atoms with Crippen molar-refractivity contribution in [2.75, 3.05) is 13.6 Å². The van der Waals surface area contributed by atoms with E-state index in [1.807, 2.05) is 6.07 Å². The third-order valence-electron chi connectivity index (χ3n) is 6.23. The summed E-state index contributed by atoms with van der Waals surface area (Å²) in [6.45, 7) is 1.12. The van der Waals surface area contributed by atoms with Crippen molar-refractivity contribution >= 4 is 21.8 Å². The van der Waals surface area contributed by atoms with Gasteiger partial charge < -0.3 is 5.32 Å². The van der Waals surface area contributed by atoms with Gasteiger partial charge in [-0.25, -0.2) is 0 Å². The van der Waals surface area contributed by atoms with E-state index in [4.69, 9.17) is 0 Å². The Morgan fingerprint density at radius 2 is 2.00 bits per heavy atom. The summed E-state index contributed by atoms with van der Waals surface area (Å²) in [5, 5.41) is 3.37. The summed E-state index contributed by atoms with van der Waals surface area (Å²) in [6.07, 6.45) is 8.10. The van der Waals surface area contributed by atoms with Crippen molar-refractivity contribution in [2.45, 2.75) is 37.3 Å². The first-order valence-corrected chi connectivity index (χ1v) is 10.1. The summed E-state index contributed by atoms with van der Waals surface area (Å²) in [5.41, 5.74) is 1.80. The number of benzene rings is 1. The fraction of sp³-hybridized carbons (Fsp3) is 0.429. The molecule has 2 aliphatic heterocycles. The molecule has 1 aromatic heterocycles. The number of hydrogen-bond donors (Lipinski definition) is 1. The van der Waals surface area contributed by atoms with Gasteiger partial charge in [0.05, 0.1) is 11.6 Å². The van der Waals surface area contributed by atoms with E-state index < -0.39 is 0 Å². The Labute approximate surface area is 163 Å². The van der Waals surface area contributed by atoms with Gasteiger partial charge in [0.25, 0.3) is 5.91 Å². The van der Waals surface area contributed by atoms with Crippen LogP contribution >= 0.6 is 15.9 Å². The Kier molecular flexibility index (Phi) is 4.84. The maximum atomic E-state index is 13.1. The molecule has 2 aromatic rings. The molecule has 4 nitrogen and oxygen atoms in total. The molecule has 136 valence electrons. The van der Waals surface area contributed by atoms with Crippen LogP contribution in [-0.4, -0.2) is 34.9 Å². The topological polar surface area (TPSA) is 45.2 Å². The lowest BCUT2D eigenvalue weighted by Gasteiger charge is -2.57. The van der Waals surface area contributed by atoms with Crippen molar-refractivity contribution in [2.24, 2.45) is 5.92 Å². The number of nitrogens with zero attached hydrogens (tertiary/aromatic N) is 2. The fourth-order valence-corrected chi connectivity index (χ4v) is 5.19. The Morgan fingerprint density at radius 1 is 1.27 bits per heavy atom. The number of halogens is 1. The Morgan fingerprint density at radius 3 is 2.65 bits per heavy atom. The van der Waals surface area contributed by atoms with E-state index in [0.717, 1.165) is 29.8 Å². The first-order valence-electron chi connectivity index (χ1n) is 9.27. The van der Waals surface area contributed by atoms with E-state index in [1.165, 1.54) is 18.4 Å². The highest BCUT2D eigenvalue weighted by Crippen LogP contribution is 2.49. The van der Waals surface area contributed by atoms with Crippen LogP contribution < -0.4 is 5.32 Å². The Hall–Kier alpha value is -1.72. The largest absolute Gasteiger partial charge is 0.343 e. The molecule has 1 N–H and O–H groups in total. The minimum atomic E-state index is -0.0522. The van der Waals surface area contributed by atoms with Gasteiger partial charge in [0, 0.05) is 29.0 Å². The lowest BCUT2D eigenvalue weighted by Crippen LogP contribution is -2.62. The molecule has 1 atom stereocenters. The van der Waals surface area contributed by atoms with E-state index in [-0.39, 0.29) is 17.5 Å². The van der Waals surface area contributed by atoms with Gasteiger partial charge in [0.1, 0.15) is 0 Å². The number of carbonyl (C=O) groups is 1. The molecule has 5 rings (SSSR count). The van der Waals surface area contributed by atoms with Crippen molar-refractivity contribution in [3.8, 4) is 0 Å². The zero-order chi connectivity index (χ0) is 18.1. The van der Waals surface area contributed by atoms with Crippen molar-refractivity contribution in [1.82, 2.24) is 15.2 Å². The van der Waals surface area contributed by atoms with Gasteiger partial charge in [-0.05, 0) is 66.2 Å². The van der Waals surface area contributed by atoms with Gasteiger partial charge in [0.15, 0.2) is 0 Å². The second-order valence-electron chi connectivity index (χ2n) is 7.60. The lowest BCUT2D eigenvalue weighted by molar-refractivity contribution is -0.0404. The first-order chi connectivity index (χ1) is 12.6. The van der Waals surface area contributed by atoms with E-state index >= 15 is 0 Å². The normalized spacial score (nSPS) is 26.5. The maximum absolute atomic E-state index is 13.1. The van der Waals surface area contributed by atoms with Crippen LogP contribution in [0.4, 0.5) is 0 Å². The minimum absolute atomic E-state index is 0.00866. The Balaban J connectivity index is 1.70. The maximum Gasteiger partial charge on any atom is 0.253 e. The highest BCUT2D eigenvalue weighted by atomic mass is 79.9. The molecule has 0 radical (unpaired) electrons. The molecule has 0 spiro atoms. The number of amides is 1. The summed E-state index contributed by atoms with van der Waals surface area (Å²) < 4.78 is 0.725. The number of pyridine rings is 1. The van der Waals surface area contributed by atoms with Crippen LogP contribution in [0, 0.1) is 5.92 Å². The fourth-order valence-electron chi connectivity index (χ4n) is 4.76. The van der Waals surface area contributed by atoms with Gasteiger partial charge in [-0.1, -0.05) is 30.3 Å². The molecule has 2 saturated heterocycles. The number of nitrogens with one attached hydrogen (secondary N) is 1. The van der Waals surface area contributed by atoms with Crippen LogP contribution in [0.1, 0.15) is 47.6 Å². The average molecular weight is 414 g/mol. The quantitative estimate of drug-likeness (QED) is 0.816. The summed E-state index contributed by atoms with van der Waals surface area (Å²) in [5.74, 6) is 0.756. The van der Waals surface area contributed by atoms with Crippen LogP contribution in [0.5, 0.6) is 0 Å². The minimum Gasteiger partial charge on any atom is -0.343 e. The van der Waals surface area contributed by atoms with Gasteiger partial charge in [0.2, 0.25) is 0 Å². The predicted molar refractivity (Wildman–Crippen MR) is 106 cm³/mol. The molecule has 1 amide bonds. The first kappa shape index (κ1) is 17.7. The summed E-state index contributed by atoms with van der Waals surface area (Å²) in [7, 11) is 2.22. The molecule has 1 aromatic carbocycles. The molecule has 26 heavy (non-hydrogen) atoms. The van der Waals surface area contributed by atoms with Crippen LogP contribution in [0.3, 0.4) is 0 Å². The monoisotopic (exact) mass is 413 g/mol. The molecule has 1 unspecified atom stereocenters. The number of likely N-dealkylation sites (N-methyl/N-ethyl adjacent to an activating group) is 1. The average Bonchev–Trinajstić information content (AvgIpc) is 2.68. The zero-order valence-electron chi connectivity index (χ0n) is 15.0. The molecule has 3 fully saturated rings. The standard InChI is InChI=1S/C21H24BrN3O/c1-25-14-15-7-10-21(25,11-8-15)19(16-5-3-2-4-6-16)24-20(26)17-9-12-23-13-18(17)22/h2-6,9,12-13,15,19H,7-8,10-11,14H2,1H3,(H,24,26). The second kappa shape index (κ2) is 7.12. The van der Waals surface area contributed by atoms with Gasteiger partial charge in [-0.3, -0.25) is 14.7 Å². The van der Waals surface area contributed by atoms with Crippen LogP contribution in [0.15, 0.2) is 53.3 Å². The summed E-state index contributed by atoms with van der Waals surface area (Å²) in [6, 6.07) is 12.2. The predicted octanol–water partition coefficient (Wildman–Crippen LogP) is 4.19. The van der Waals surface area contributed by atoms with Crippen molar-refractivity contribution in [3.05, 3.63) is 64.4 Å². The van der Waals surface area contributed by atoms with Crippen LogP contribution in [0.25, 0.3) is 0 Å². The van der Waals surface area contributed by atoms with E-state index in [9.17, 15) is 4.79 Å². The number of fused-ring (bicyclic) bond motifs is 3. The third-order valence-corrected chi connectivity index (χ3v) is 6.86. The van der Waals surface area contributed by atoms with E-state index in [0.29, 0.717) is 5.56 Å². The second-order valence-corrected chi connectivity index (χ2v) is 8.45. The van der Waals surface area contributed by atoms with Crippen molar-refractivity contribution < 1.29 is 4.79 Å². The Bertz CT molecular complexity index is 787. The van der Waals surface area contributed by atoms with Gasteiger partial charge in [-0.2, -0.15) is 0 Å². The molecule has 3 aliphatic rings. The molecule has 1 saturated carbocycles. The van der Waals surface area contributed by atoms with Gasteiger partial charge >= 0.3 is 0 Å². The molecular weight excluding hydrogens is 390 g/mol. The zero-order valence-corrected chi connectivity index (χ0v) is 16.6.